The Morgan fingerprint density at radius 3 is 2.20 bits per heavy atom. The molecule has 15 heavy (non-hydrogen) atoms. The summed E-state index contributed by atoms with van der Waals surface area (Å²) in [5.74, 6) is 0. The van der Waals surface area contributed by atoms with E-state index >= 15 is 0 Å². The predicted molar refractivity (Wildman–Crippen MR) is 70.6 cm³/mol. The van der Waals surface area contributed by atoms with Crippen molar-refractivity contribution in [3.05, 3.63) is 35.4 Å². The first-order valence-electron chi connectivity index (χ1n) is 5.40. The van der Waals surface area contributed by atoms with E-state index in [4.69, 9.17) is 0 Å². The van der Waals surface area contributed by atoms with Crippen LogP contribution in [0.4, 0.5) is 0 Å². The molecule has 1 aromatic rings. The summed E-state index contributed by atoms with van der Waals surface area (Å²) in [5.41, 5.74) is 3.00. The van der Waals surface area contributed by atoms with Gasteiger partial charge in [0, 0.05) is 18.4 Å². The molecular formula is C13H20BrN. The molecular weight excluding hydrogens is 250 g/mol. The summed E-state index contributed by atoms with van der Waals surface area (Å²) in [5, 5.41) is 4.37. The van der Waals surface area contributed by atoms with Crippen molar-refractivity contribution in [1.29, 1.82) is 0 Å². The highest BCUT2D eigenvalue weighted by molar-refractivity contribution is 9.09. The van der Waals surface area contributed by atoms with Crippen molar-refractivity contribution in [2.45, 2.75) is 32.7 Å². The van der Waals surface area contributed by atoms with Crippen molar-refractivity contribution < 1.29 is 0 Å². The number of halogens is 1. The van der Waals surface area contributed by atoms with Crippen LogP contribution in [0.15, 0.2) is 24.3 Å². The lowest BCUT2D eigenvalue weighted by Gasteiger charge is -2.19. The molecule has 2 heteroatoms. The van der Waals surface area contributed by atoms with Crippen LogP contribution >= 0.6 is 15.9 Å². The third-order valence-corrected chi connectivity index (χ3v) is 2.82. The molecule has 0 aliphatic carbocycles. The van der Waals surface area contributed by atoms with Gasteiger partial charge in [0.2, 0.25) is 0 Å². The minimum Gasteiger partial charge on any atom is -0.312 e. The van der Waals surface area contributed by atoms with E-state index in [1.807, 2.05) is 0 Å². The van der Waals surface area contributed by atoms with Crippen LogP contribution in [0, 0.1) is 0 Å². The van der Waals surface area contributed by atoms with Gasteiger partial charge in [0.05, 0.1) is 0 Å². The number of hydrogen-bond donors (Lipinski definition) is 1. The molecule has 0 unspecified atom stereocenters. The highest BCUT2D eigenvalue weighted by Crippen LogP contribution is 2.21. The molecule has 0 bridgehead atoms. The molecule has 0 aliphatic rings. The molecule has 84 valence electrons. The van der Waals surface area contributed by atoms with Crippen LogP contribution in [-0.2, 0) is 12.0 Å². The molecule has 0 heterocycles. The van der Waals surface area contributed by atoms with E-state index in [1.165, 1.54) is 11.1 Å². The van der Waals surface area contributed by atoms with Crippen molar-refractivity contribution >= 4 is 15.9 Å². The van der Waals surface area contributed by atoms with Crippen molar-refractivity contribution in [2.75, 3.05) is 11.9 Å². The van der Waals surface area contributed by atoms with Crippen LogP contribution < -0.4 is 5.32 Å². The third kappa shape index (κ3) is 4.35. The zero-order valence-corrected chi connectivity index (χ0v) is 11.4. The maximum Gasteiger partial charge on any atom is 0.0205 e. The number of alkyl halides is 1. The van der Waals surface area contributed by atoms with Gasteiger partial charge in [-0.3, -0.25) is 0 Å². The van der Waals surface area contributed by atoms with Gasteiger partial charge in [-0.1, -0.05) is 61.0 Å². The maximum atomic E-state index is 3.40. The highest BCUT2D eigenvalue weighted by Gasteiger charge is 2.12. The maximum absolute atomic E-state index is 3.40. The molecule has 1 aromatic carbocycles. The summed E-state index contributed by atoms with van der Waals surface area (Å²) in [6, 6.07) is 8.87. The summed E-state index contributed by atoms with van der Waals surface area (Å²) in [6.07, 6.45) is 0. The predicted octanol–water partition coefficient (Wildman–Crippen LogP) is 3.47. The SMILES string of the molecule is CC(C)(C)c1ccc(CNCCBr)cc1. The minimum atomic E-state index is 0.252. The molecule has 0 aromatic heterocycles. The first-order chi connectivity index (χ1) is 7.04. The van der Waals surface area contributed by atoms with Crippen LogP contribution in [-0.4, -0.2) is 11.9 Å². The van der Waals surface area contributed by atoms with E-state index < -0.39 is 0 Å². The zero-order chi connectivity index (χ0) is 11.3. The Morgan fingerprint density at radius 2 is 1.73 bits per heavy atom. The second-order valence-electron chi connectivity index (χ2n) is 4.81. The van der Waals surface area contributed by atoms with Gasteiger partial charge in [-0.15, -0.1) is 0 Å². The molecule has 0 saturated carbocycles. The van der Waals surface area contributed by atoms with Crippen molar-refractivity contribution in [3.63, 3.8) is 0 Å². The number of benzene rings is 1. The van der Waals surface area contributed by atoms with Crippen molar-refractivity contribution in [2.24, 2.45) is 0 Å². The topological polar surface area (TPSA) is 12.0 Å². The fourth-order valence-corrected chi connectivity index (χ4v) is 1.70. The Kier molecular flexibility index (Phi) is 4.81. The summed E-state index contributed by atoms with van der Waals surface area (Å²) in [7, 11) is 0. The Hall–Kier alpha value is -0.340. The molecule has 0 spiro atoms. The monoisotopic (exact) mass is 269 g/mol. The lowest BCUT2D eigenvalue weighted by molar-refractivity contribution is 0.589. The zero-order valence-electron chi connectivity index (χ0n) is 9.81. The minimum absolute atomic E-state index is 0.252. The summed E-state index contributed by atoms with van der Waals surface area (Å²) in [6.45, 7) is 8.69. The van der Waals surface area contributed by atoms with Crippen molar-refractivity contribution in [1.82, 2.24) is 5.32 Å². The molecule has 1 nitrogen and oxygen atoms in total. The Labute approximate surface area is 101 Å². The van der Waals surface area contributed by atoms with Gasteiger partial charge >= 0.3 is 0 Å². The van der Waals surface area contributed by atoms with Gasteiger partial charge in [0.25, 0.3) is 0 Å². The summed E-state index contributed by atoms with van der Waals surface area (Å²) < 4.78 is 0. The fraction of sp³-hybridized carbons (Fsp3) is 0.538. The Morgan fingerprint density at radius 1 is 1.13 bits per heavy atom. The molecule has 0 atom stereocenters. The van der Waals surface area contributed by atoms with Gasteiger partial charge in [0.15, 0.2) is 0 Å². The van der Waals surface area contributed by atoms with E-state index in [2.05, 4.69) is 66.3 Å². The van der Waals surface area contributed by atoms with Crippen LogP contribution in [0.5, 0.6) is 0 Å². The smallest absolute Gasteiger partial charge is 0.0205 e. The first-order valence-corrected chi connectivity index (χ1v) is 6.52. The lowest BCUT2D eigenvalue weighted by Crippen LogP contribution is -2.16. The molecule has 1 N–H and O–H groups in total. The standard InChI is InChI=1S/C13H20BrN/c1-13(2,3)12-6-4-11(5-7-12)10-15-9-8-14/h4-7,15H,8-10H2,1-3H3. The van der Waals surface area contributed by atoms with E-state index in [0.717, 1.165) is 18.4 Å². The van der Waals surface area contributed by atoms with Crippen LogP contribution in [0.2, 0.25) is 0 Å². The molecule has 0 radical (unpaired) electrons. The average Bonchev–Trinajstić information content (AvgIpc) is 2.18. The Bertz CT molecular complexity index is 284. The molecule has 0 saturated heterocycles. The fourth-order valence-electron chi connectivity index (χ4n) is 1.42. The largest absolute Gasteiger partial charge is 0.312 e. The lowest BCUT2D eigenvalue weighted by atomic mass is 9.87. The van der Waals surface area contributed by atoms with Crippen LogP contribution in [0.3, 0.4) is 0 Å². The summed E-state index contributed by atoms with van der Waals surface area (Å²) >= 11 is 3.40. The number of nitrogens with one attached hydrogen (secondary N) is 1. The van der Waals surface area contributed by atoms with Gasteiger partial charge < -0.3 is 5.32 Å². The quantitative estimate of drug-likeness (QED) is 0.652. The Balaban J connectivity index is 2.57. The van der Waals surface area contributed by atoms with Gasteiger partial charge in [-0.2, -0.15) is 0 Å². The van der Waals surface area contributed by atoms with Gasteiger partial charge in [-0.25, -0.2) is 0 Å². The molecule has 0 aliphatic heterocycles. The van der Waals surface area contributed by atoms with Crippen LogP contribution in [0.25, 0.3) is 0 Å². The average molecular weight is 270 g/mol. The van der Waals surface area contributed by atoms with E-state index in [-0.39, 0.29) is 5.41 Å². The number of hydrogen-bond acceptors (Lipinski definition) is 1. The van der Waals surface area contributed by atoms with E-state index in [1.54, 1.807) is 0 Å². The van der Waals surface area contributed by atoms with E-state index in [0.29, 0.717) is 0 Å². The molecule has 1 rings (SSSR count). The van der Waals surface area contributed by atoms with Crippen molar-refractivity contribution in [3.8, 4) is 0 Å². The first kappa shape index (κ1) is 12.7. The van der Waals surface area contributed by atoms with Gasteiger partial charge in [-0.05, 0) is 16.5 Å². The second kappa shape index (κ2) is 5.66. The normalized spacial score (nSPS) is 11.7. The molecule has 0 fully saturated rings. The summed E-state index contributed by atoms with van der Waals surface area (Å²) in [4.78, 5) is 0. The number of rotatable bonds is 4. The highest BCUT2D eigenvalue weighted by atomic mass is 79.9. The van der Waals surface area contributed by atoms with E-state index in [9.17, 15) is 0 Å². The third-order valence-electron chi connectivity index (χ3n) is 2.42. The van der Waals surface area contributed by atoms with Gasteiger partial charge in [0.1, 0.15) is 0 Å². The molecule has 0 amide bonds. The second-order valence-corrected chi connectivity index (χ2v) is 5.61. The van der Waals surface area contributed by atoms with Crippen LogP contribution in [0.1, 0.15) is 31.9 Å².